The molecule has 0 amide bonds. The summed E-state index contributed by atoms with van der Waals surface area (Å²) in [4.78, 5) is 50.0. The van der Waals surface area contributed by atoms with E-state index in [9.17, 15) is 19.2 Å². The van der Waals surface area contributed by atoms with Crippen LogP contribution in [-0.2, 0) is 19.2 Å². The van der Waals surface area contributed by atoms with E-state index in [0.29, 0.717) is 32.1 Å². The molecule has 8 atom stereocenters. The molecule has 0 aliphatic heterocycles. The number of fused-ring (bicyclic) bond motifs is 5. The van der Waals surface area contributed by atoms with Crippen LogP contribution in [0, 0.1) is 46.3 Å². The molecule has 0 radical (unpaired) electrons. The fraction of sp³-hybridized carbons (Fsp3) is 0.833. The zero-order valence-electron chi connectivity index (χ0n) is 19.9. The number of hydrogen-bond donors (Lipinski definition) is 1. The fourth-order valence-electron chi connectivity index (χ4n) is 7.94. The predicted molar refractivity (Wildman–Crippen MR) is 108 cm³/mol. The summed E-state index contributed by atoms with van der Waals surface area (Å²) in [6.45, 7) is 6.37. The minimum absolute atomic E-state index is 0. The SMILES string of the molecule is C[C@H](CCC(=O)O)[C@H]1CC[C@H]2[C@@H]3C(=O)C[C@@H]4CC(=O)CC[C@]4(C)[C@H]3CC(=O)[C@]12C.[H-].[Na+]. The first-order valence-electron chi connectivity index (χ1n) is 11.4. The van der Waals surface area contributed by atoms with Gasteiger partial charge in [-0.25, -0.2) is 0 Å². The molecule has 5 nitrogen and oxygen atoms in total. The van der Waals surface area contributed by atoms with Gasteiger partial charge in [0.15, 0.2) is 0 Å². The van der Waals surface area contributed by atoms with Crippen LogP contribution in [0.1, 0.15) is 80.0 Å². The number of carboxylic acids is 1. The van der Waals surface area contributed by atoms with Crippen LogP contribution < -0.4 is 29.6 Å². The first-order chi connectivity index (χ1) is 13.6. The molecule has 0 bridgehead atoms. The minimum Gasteiger partial charge on any atom is -1.00 e. The summed E-state index contributed by atoms with van der Waals surface area (Å²) in [6.07, 6.45) is 5.33. The fourth-order valence-corrected chi connectivity index (χ4v) is 7.94. The maximum atomic E-state index is 13.6. The Kier molecular flexibility index (Phi) is 6.79. The van der Waals surface area contributed by atoms with E-state index in [1.807, 2.05) is 0 Å². The van der Waals surface area contributed by atoms with Crippen molar-refractivity contribution in [2.75, 3.05) is 0 Å². The van der Waals surface area contributed by atoms with Gasteiger partial charge in [0.25, 0.3) is 0 Å². The molecule has 6 heteroatoms. The Morgan fingerprint density at radius 2 is 1.83 bits per heavy atom. The van der Waals surface area contributed by atoms with Crippen molar-refractivity contribution >= 4 is 23.3 Å². The number of carboxylic acid groups (broad SMARTS) is 1. The average molecular weight is 427 g/mol. The Balaban J connectivity index is 0.00000171. The number of aliphatic carboxylic acids is 1. The second kappa shape index (κ2) is 8.44. The summed E-state index contributed by atoms with van der Waals surface area (Å²) in [7, 11) is 0. The van der Waals surface area contributed by atoms with Crippen LogP contribution in [0.3, 0.4) is 0 Å². The molecule has 0 heterocycles. The molecule has 4 aliphatic carbocycles. The standard InChI is InChI=1S/C24H34O5.Na.H/c1-13(4-7-21(28)29)16-5-6-17-22-18(12-20(27)24(16,17)3)23(2)9-8-15(25)10-14(23)11-19(22)26;;/h13-14,16-18,22H,4-12H2,1-3H3,(H,28,29);;/q;+1;-1/t13-,14+,16-,17+,18+,22+,23+,24-;;/m1../s1. The van der Waals surface area contributed by atoms with Crippen molar-refractivity contribution in [1.82, 2.24) is 0 Å². The zero-order chi connectivity index (χ0) is 21.1. The second-order valence-electron chi connectivity index (χ2n) is 10.9. The predicted octanol–water partition coefficient (Wildman–Crippen LogP) is 1.19. The van der Waals surface area contributed by atoms with Gasteiger partial charge in [0, 0.05) is 43.4 Å². The van der Waals surface area contributed by atoms with Gasteiger partial charge in [-0.2, -0.15) is 0 Å². The van der Waals surface area contributed by atoms with Gasteiger partial charge < -0.3 is 6.53 Å². The second-order valence-corrected chi connectivity index (χ2v) is 10.9. The van der Waals surface area contributed by atoms with Crippen LogP contribution in [0.25, 0.3) is 0 Å². The first-order valence-corrected chi connectivity index (χ1v) is 11.4. The molecule has 0 spiro atoms. The van der Waals surface area contributed by atoms with E-state index in [4.69, 9.17) is 5.11 Å². The third kappa shape index (κ3) is 3.57. The monoisotopic (exact) mass is 426 g/mol. The third-order valence-electron chi connectivity index (χ3n) is 9.72. The zero-order valence-corrected chi connectivity index (χ0v) is 20.9. The van der Waals surface area contributed by atoms with E-state index in [1.165, 1.54) is 0 Å². The van der Waals surface area contributed by atoms with E-state index in [2.05, 4.69) is 20.8 Å². The Morgan fingerprint density at radius 1 is 1.13 bits per heavy atom. The molecule has 0 saturated heterocycles. The van der Waals surface area contributed by atoms with Gasteiger partial charge >= 0.3 is 35.5 Å². The van der Waals surface area contributed by atoms with Gasteiger partial charge in [-0.15, -0.1) is 0 Å². The Morgan fingerprint density at radius 3 is 2.50 bits per heavy atom. The van der Waals surface area contributed by atoms with Gasteiger partial charge in [-0.05, 0) is 60.7 Å². The van der Waals surface area contributed by atoms with Gasteiger partial charge in [-0.1, -0.05) is 20.8 Å². The largest absolute Gasteiger partial charge is 1.00 e. The first kappa shape index (κ1) is 24.1. The Hall–Kier alpha value is -0.520. The smallest absolute Gasteiger partial charge is 1.00 e. The number of ketones is 3. The molecule has 4 fully saturated rings. The molecule has 4 rings (SSSR count). The van der Waals surface area contributed by atoms with E-state index in [1.54, 1.807) is 0 Å². The van der Waals surface area contributed by atoms with E-state index >= 15 is 0 Å². The van der Waals surface area contributed by atoms with Crippen LogP contribution in [0.15, 0.2) is 0 Å². The molecule has 0 aromatic carbocycles. The molecule has 162 valence electrons. The topological polar surface area (TPSA) is 88.5 Å². The van der Waals surface area contributed by atoms with Crippen LogP contribution in [0.2, 0.25) is 0 Å². The summed E-state index contributed by atoms with van der Waals surface area (Å²) < 4.78 is 0. The third-order valence-corrected chi connectivity index (χ3v) is 9.72. The number of carbonyl (C=O) groups excluding carboxylic acids is 3. The van der Waals surface area contributed by atoms with Crippen molar-refractivity contribution < 1.29 is 55.3 Å². The average Bonchev–Trinajstić information content (AvgIpc) is 3.01. The summed E-state index contributed by atoms with van der Waals surface area (Å²) in [6, 6.07) is 0. The number of rotatable bonds is 4. The van der Waals surface area contributed by atoms with E-state index in [-0.39, 0.29) is 95.7 Å². The molecule has 0 unspecified atom stereocenters. The van der Waals surface area contributed by atoms with Crippen molar-refractivity contribution in [2.24, 2.45) is 46.3 Å². The normalized spacial score (nSPS) is 43.8. The van der Waals surface area contributed by atoms with Gasteiger partial charge in [-0.3, -0.25) is 19.2 Å². The van der Waals surface area contributed by atoms with Crippen molar-refractivity contribution in [1.29, 1.82) is 0 Å². The molecule has 0 aromatic rings. The molecule has 1 N–H and O–H groups in total. The maximum absolute atomic E-state index is 13.6. The van der Waals surface area contributed by atoms with E-state index < -0.39 is 11.4 Å². The van der Waals surface area contributed by atoms with Crippen molar-refractivity contribution in [3.63, 3.8) is 0 Å². The summed E-state index contributed by atoms with van der Waals surface area (Å²) in [5.41, 5.74) is -0.598. The minimum atomic E-state index is -0.792. The van der Waals surface area contributed by atoms with Crippen molar-refractivity contribution in [3.8, 4) is 0 Å². The Labute approximate surface area is 202 Å². The van der Waals surface area contributed by atoms with E-state index in [0.717, 1.165) is 19.3 Å². The van der Waals surface area contributed by atoms with Gasteiger partial charge in [0.05, 0.1) is 0 Å². The quantitative estimate of drug-likeness (QED) is 0.683. The Bertz CT molecular complexity index is 769. The molecule has 0 aromatic heterocycles. The number of carbonyl (C=O) groups is 4. The molecular weight excluding hydrogens is 391 g/mol. The maximum Gasteiger partial charge on any atom is 1.00 e. The van der Waals surface area contributed by atoms with Crippen LogP contribution >= 0.6 is 0 Å². The number of hydrogen-bond acceptors (Lipinski definition) is 4. The van der Waals surface area contributed by atoms with Gasteiger partial charge in [0.1, 0.15) is 17.3 Å². The number of Topliss-reactive ketones (excluding diaryl/α,β-unsaturated/α-hetero) is 3. The summed E-state index contributed by atoms with van der Waals surface area (Å²) in [5, 5.41) is 9.06. The van der Waals surface area contributed by atoms with Gasteiger partial charge in [0.2, 0.25) is 0 Å². The summed E-state index contributed by atoms with van der Waals surface area (Å²) in [5.74, 6) is 0.524. The van der Waals surface area contributed by atoms with Crippen LogP contribution in [0.4, 0.5) is 0 Å². The van der Waals surface area contributed by atoms with Crippen LogP contribution in [0.5, 0.6) is 0 Å². The molecular formula is C24H35NaO5. The molecule has 4 saturated carbocycles. The molecule has 30 heavy (non-hydrogen) atoms. The molecule has 4 aliphatic rings. The van der Waals surface area contributed by atoms with Crippen molar-refractivity contribution in [2.45, 2.75) is 78.6 Å². The van der Waals surface area contributed by atoms with Crippen molar-refractivity contribution in [3.05, 3.63) is 0 Å². The van der Waals surface area contributed by atoms with Crippen LogP contribution in [-0.4, -0.2) is 28.4 Å². The summed E-state index contributed by atoms with van der Waals surface area (Å²) >= 11 is 0.